The lowest BCUT2D eigenvalue weighted by Gasteiger charge is -2.14. The third-order valence-electron chi connectivity index (χ3n) is 3.63. The lowest BCUT2D eigenvalue weighted by molar-refractivity contribution is -0.118. The van der Waals surface area contributed by atoms with Gasteiger partial charge < -0.3 is 21.1 Å². The van der Waals surface area contributed by atoms with Gasteiger partial charge in [-0.1, -0.05) is 18.2 Å². The van der Waals surface area contributed by atoms with Crippen LogP contribution in [0.15, 0.2) is 48.8 Å². The molecule has 7 nitrogen and oxygen atoms in total. The van der Waals surface area contributed by atoms with Crippen LogP contribution in [0.4, 0.5) is 5.69 Å². The number of hydrogen-bond acceptors (Lipinski definition) is 5. The highest BCUT2D eigenvalue weighted by molar-refractivity contribution is 6.03. The number of pyridine rings is 1. The number of benzene rings is 1. The lowest BCUT2D eigenvalue weighted by Crippen LogP contribution is -2.29. The summed E-state index contributed by atoms with van der Waals surface area (Å²) in [7, 11) is 1.50. The van der Waals surface area contributed by atoms with Crippen LogP contribution in [0.2, 0.25) is 0 Å². The summed E-state index contributed by atoms with van der Waals surface area (Å²) in [5.74, 6) is -0.535. The van der Waals surface area contributed by atoms with Gasteiger partial charge in [-0.3, -0.25) is 14.6 Å². The lowest BCUT2D eigenvalue weighted by atomic mass is 10.1. The van der Waals surface area contributed by atoms with Gasteiger partial charge in [-0.25, -0.2) is 0 Å². The summed E-state index contributed by atoms with van der Waals surface area (Å²) in [6.45, 7) is 0.602. The molecule has 1 heterocycles. The quantitative estimate of drug-likeness (QED) is 0.671. The molecule has 132 valence electrons. The third kappa shape index (κ3) is 5.66. The second-order valence-corrected chi connectivity index (χ2v) is 5.44. The number of methoxy groups -OCH3 is 1. The zero-order chi connectivity index (χ0) is 18.1. The van der Waals surface area contributed by atoms with E-state index >= 15 is 0 Å². The molecule has 0 radical (unpaired) electrons. The molecule has 0 spiro atoms. The van der Waals surface area contributed by atoms with Crippen molar-refractivity contribution in [2.75, 3.05) is 19.0 Å². The number of aromatic nitrogens is 1. The van der Waals surface area contributed by atoms with Crippen LogP contribution < -0.4 is 16.4 Å². The molecule has 0 saturated carbocycles. The maximum absolute atomic E-state index is 12.4. The molecule has 1 unspecified atom stereocenters. The van der Waals surface area contributed by atoms with Crippen LogP contribution in [-0.4, -0.2) is 36.6 Å². The van der Waals surface area contributed by atoms with E-state index in [9.17, 15) is 9.59 Å². The number of rotatable bonds is 8. The molecule has 4 N–H and O–H groups in total. The number of hydrogen-bond donors (Lipinski definition) is 3. The van der Waals surface area contributed by atoms with E-state index in [0.717, 1.165) is 5.56 Å². The monoisotopic (exact) mass is 342 g/mol. The van der Waals surface area contributed by atoms with E-state index in [1.807, 2.05) is 6.07 Å². The van der Waals surface area contributed by atoms with Gasteiger partial charge in [-0.2, -0.15) is 0 Å². The van der Waals surface area contributed by atoms with Crippen LogP contribution in [0, 0.1) is 0 Å². The van der Waals surface area contributed by atoms with Gasteiger partial charge in [-0.15, -0.1) is 0 Å². The first-order chi connectivity index (χ1) is 12.1. The Kier molecular flexibility index (Phi) is 7.06. The Hall–Kier alpha value is -2.77. The first-order valence-corrected chi connectivity index (χ1v) is 7.93. The summed E-state index contributed by atoms with van der Waals surface area (Å²) in [5.41, 5.74) is 7.25. The number of nitrogens with one attached hydrogen (secondary N) is 2. The van der Waals surface area contributed by atoms with Gasteiger partial charge in [0, 0.05) is 32.6 Å². The molecular formula is C18H22N4O3. The van der Waals surface area contributed by atoms with Crippen LogP contribution in [-0.2, 0) is 16.1 Å². The van der Waals surface area contributed by atoms with E-state index < -0.39 is 0 Å². The van der Waals surface area contributed by atoms with E-state index in [2.05, 4.69) is 15.6 Å². The summed E-state index contributed by atoms with van der Waals surface area (Å²) in [4.78, 5) is 28.5. The van der Waals surface area contributed by atoms with Gasteiger partial charge in [0.05, 0.1) is 23.8 Å². The smallest absolute Gasteiger partial charge is 0.253 e. The van der Waals surface area contributed by atoms with Gasteiger partial charge in [0.25, 0.3) is 5.91 Å². The summed E-state index contributed by atoms with van der Waals surface area (Å²) in [6.07, 6.45) is 3.13. The Morgan fingerprint density at radius 3 is 2.72 bits per heavy atom. The highest BCUT2D eigenvalue weighted by Gasteiger charge is 2.15. The number of para-hydroxylation sites is 1. The molecule has 0 aliphatic carbocycles. The van der Waals surface area contributed by atoms with E-state index in [4.69, 9.17) is 10.5 Å². The van der Waals surface area contributed by atoms with Gasteiger partial charge in [-0.05, 0) is 23.8 Å². The van der Waals surface area contributed by atoms with Gasteiger partial charge in [0.1, 0.15) is 0 Å². The number of anilines is 1. The minimum atomic E-state index is -0.355. The Morgan fingerprint density at radius 1 is 1.24 bits per heavy atom. The van der Waals surface area contributed by atoms with Crippen molar-refractivity contribution in [2.24, 2.45) is 5.73 Å². The average Bonchev–Trinajstić information content (AvgIpc) is 2.65. The van der Waals surface area contributed by atoms with E-state index in [0.29, 0.717) is 17.8 Å². The van der Waals surface area contributed by atoms with Gasteiger partial charge in [0.2, 0.25) is 5.91 Å². The standard InChI is InChI=1S/C18H22N4O3/c1-25-14(10-19)9-17(23)22-16-7-3-2-6-15(16)18(24)21-12-13-5-4-8-20-11-13/h2-8,11,14H,9-10,12,19H2,1H3,(H,21,24)(H,22,23). The first kappa shape index (κ1) is 18.6. The second-order valence-electron chi connectivity index (χ2n) is 5.44. The zero-order valence-electron chi connectivity index (χ0n) is 14.1. The molecule has 0 saturated heterocycles. The molecule has 2 aromatic rings. The second kappa shape index (κ2) is 9.51. The predicted octanol–water partition coefficient (Wildman–Crippen LogP) is 1.31. The number of amides is 2. The van der Waals surface area contributed by atoms with Gasteiger partial charge >= 0.3 is 0 Å². The topological polar surface area (TPSA) is 106 Å². The summed E-state index contributed by atoms with van der Waals surface area (Å²) >= 11 is 0. The van der Waals surface area contributed by atoms with Crippen molar-refractivity contribution in [3.05, 3.63) is 59.9 Å². The van der Waals surface area contributed by atoms with Crippen molar-refractivity contribution in [3.63, 3.8) is 0 Å². The Labute approximate surface area is 146 Å². The molecule has 1 aromatic heterocycles. The SMILES string of the molecule is COC(CN)CC(=O)Nc1ccccc1C(=O)NCc1cccnc1. The highest BCUT2D eigenvalue weighted by Crippen LogP contribution is 2.16. The third-order valence-corrected chi connectivity index (χ3v) is 3.63. The molecule has 0 aliphatic rings. The summed E-state index contributed by atoms with van der Waals surface area (Å²) < 4.78 is 5.10. The van der Waals surface area contributed by atoms with Crippen molar-refractivity contribution >= 4 is 17.5 Å². The minimum Gasteiger partial charge on any atom is -0.380 e. The molecule has 0 aliphatic heterocycles. The fraction of sp³-hybridized carbons (Fsp3) is 0.278. The molecule has 2 amide bonds. The number of carbonyl (C=O) groups is 2. The van der Waals surface area contributed by atoms with Crippen LogP contribution in [0.1, 0.15) is 22.3 Å². The first-order valence-electron chi connectivity index (χ1n) is 7.93. The Morgan fingerprint density at radius 2 is 2.04 bits per heavy atom. The molecule has 1 aromatic carbocycles. The number of nitrogens with zero attached hydrogens (tertiary/aromatic N) is 1. The molecule has 0 fully saturated rings. The van der Waals surface area contributed by atoms with Crippen LogP contribution in [0.5, 0.6) is 0 Å². The molecule has 0 bridgehead atoms. The number of nitrogens with two attached hydrogens (primary N) is 1. The van der Waals surface area contributed by atoms with Crippen LogP contribution in [0.3, 0.4) is 0 Å². The van der Waals surface area contributed by atoms with Crippen molar-refractivity contribution in [1.29, 1.82) is 0 Å². The van der Waals surface area contributed by atoms with Crippen molar-refractivity contribution in [3.8, 4) is 0 Å². The number of ether oxygens (including phenoxy) is 1. The zero-order valence-corrected chi connectivity index (χ0v) is 14.1. The molecule has 7 heteroatoms. The average molecular weight is 342 g/mol. The molecular weight excluding hydrogens is 320 g/mol. The maximum Gasteiger partial charge on any atom is 0.253 e. The van der Waals surface area contributed by atoms with Crippen molar-refractivity contribution in [2.45, 2.75) is 19.1 Å². The van der Waals surface area contributed by atoms with E-state index in [1.54, 1.807) is 42.7 Å². The summed E-state index contributed by atoms with van der Waals surface area (Å²) in [5, 5.41) is 5.56. The normalized spacial score (nSPS) is 11.6. The Bertz CT molecular complexity index is 702. The van der Waals surface area contributed by atoms with Crippen molar-refractivity contribution in [1.82, 2.24) is 10.3 Å². The van der Waals surface area contributed by atoms with E-state index in [-0.39, 0.29) is 30.9 Å². The van der Waals surface area contributed by atoms with Crippen molar-refractivity contribution < 1.29 is 14.3 Å². The maximum atomic E-state index is 12.4. The predicted molar refractivity (Wildman–Crippen MR) is 94.9 cm³/mol. The largest absolute Gasteiger partial charge is 0.380 e. The fourth-order valence-corrected chi connectivity index (χ4v) is 2.24. The minimum absolute atomic E-state index is 0.124. The fourth-order valence-electron chi connectivity index (χ4n) is 2.24. The highest BCUT2D eigenvalue weighted by atomic mass is 16.5. The van der Waals surface area contributed by atoms with Crippen LogP contribution >= 0.6 is 0 Å². The Balaban J connectivity index is 2.01. The van der Waals surface area contributed by atoms with Gasteiger partial charge in [0.15, 0.2) is 0 Å². The van der Waals surface area contributed by atoms with Crippen LogP contribution in [0.25, 0.3) is 0 Å². The molecule has 25 heavy (non-hydrogen) atoms. The number of carbonyl (C=O) groups excluding carboxylic acids is 2. The van der Waals surface area contributed by atoms with E-state index in [1.165, 1.54) is 7.11 Å². The molecule has 2 rings (SSSR count). The molecule has 1 atom stereocenters. The summed E-state index contributed by atoms with van der Waals surface area (Å²) in [6, 6.07) is 10.5.